The van der Waals surface area contributed by atoms with Crippen molar-refractivity contribution in [2.24, 2.45) is 51.2 Å². The van der Waals surface area contributed by atoms with E-state index < -0.39 is 0 Å². The Morgan fingerprint density at radius 2 is 1.73 bits per heavy atom. The molecule has 9 unspecified atom stereocenters. The van der Waals surface area contributed by atoms with Gasteiger partial charge in [0.1, 0.15) is 0 Å². The average Bonchev–Trinajstić information content (AvgIpc) is 3.99. The van der Waals surface area contributed by atoms with E-state index in [1.165, 1.54) is 64.2 Å². The Balaban J connectivity index is 0.903. The second-order valence-electron chi connectivity index (χ2n) is 18.8. The summed E-state index contributed by atoms with van der Waals surface area (Å²) in [6, 6.07) is 0. The molecule has 6 saturated carbocycles. The fourth-order valence-corrected chi connectivity index (χ4v) is 13.7. The topological polar surface area (TPSA) is 68.3 Å². The third-order valence-electron chi connectivity index (χ3n) is 16.4. The van der Waals surface area contributed by atoms with Crippen LogP contribution in [0.2, 0.25) is 0 Å². The van der Waals surface area contributed by atoms with Crippen molar-refractivity contribution in [1.82, 2.24) is 9.80 Å². The summed E-state index contributed by atoms with van der Waals surface area (Å²) in [5, 5.41) is 0. The van der Waals surface area contributed by atoms with Crippen molar-refractivity contribution >= 4 is 11.8 Å². The maximum absolute atomic E-state index is 12.9. The Labute approximate surface area is 290 Å². The molecular weight excluding hydrogens is 600 g/mol. The van der Waals surface area contributed by atoms with Crippen LogP contribution in [0.1, 0.15) is 137 Å². The van der Waals surface area contributed by atoms with Gasteiger partial charge in [-0.25, -0.2) is 0 Å². The molecule has 2 heterocycles. The van der Waals surface area contributed by atoms with E-state index in [1.807, 2.05) is 9.80 Å². The Morgan fingerprint density at radius 3 is 2.50 bits per heavy atom. The first-order chi connectivity index (χ1) is 23.0. The van der Waals surface area contributed by atoms with Gasteiger partial charge in [0.25, 0.3) is 0 Å². The Bertz CT molecular complexity index is 1240. The van der Waals surface area contributed by atoms with Crippen molar-refractivity contribution in [1.29, 1.82) is 0 Å². The van der Waals surface area contributed by atoms with E-state index >= 15 is 0 Å². The fraction of sp³-hybridized carbons (Fsp3) is 0.951. The Hall–Kier alpha value is -1.18. The van der Waals surface area contributed by atoms with E-state index in [4.69, 9.17) is 14.2 Å². The summed E-state index contributed by atoms with van der Waals surface area (Å²) in [6.45, 7) is 15.5. The molecule has 270 valence electrons. The molecule has 8 aliphatic rings. The highest BCUT2D eigenvalue weighted by atomic mass is 16.7. The average molecular weight is 667 g/mol. The summed E-state index contributed by atoms with van der Waals surface area (Å²) < 4.78 is 20.0. The normalized spacial score (nSPS) is 45.6. The van der Waals surface area contributed by atoms with E-state index in [2.05, 4.69) is 34.6 Å². The number of carbonyl (C=O) groups is 2. The van der Waals surface area contributed by atoms with Gasteiger partial charge in [0.05, 0.1) is 31.5 Å². The van der Waals surface area contributed by atoms with Gasteiger partial charge in [-0.3, -0.25) is 9.59 Å². The summed E-state index contributed by atoms with van der Waals surface area (Å²) in [6.07, 6.45) is 19.3. The lowest BCUT2D eigenvalue weighted by Gasteiger charge is -2.60. The number of carbonyl (C=O) groups excluding carboxylic acids is 2. The smallest absolute Gasteiger partial charge is 0.223 e. The van der Waals surface area contributed by atoms with Crippen LogP contribution < -0.4 is 0 Å². The SMILES string of the molecule is CCCN(CC)C(=O)CCC1CCC2C(CC3C4CCC5C(C)(C)[C@@H](OC6CN(C(=O)CC7CC7)CCO6)CCC56C[C@@]46CCC23C)O1. The zero-order chi connectivity index (χ0) is 33.5. The first-order valence-electron chi connectivity index (χ1n) is 20.5. The highest BCUT2D eigenvalue weighted by Gasteiger charge is 2.80. The molecule has 7 heteroatoms. The van der Waals surface area contributed by atoms with Crippen LogP contribution in [-0.2, 0) is 23.8 Å². The second-order valence-corrected chi connectivity index (χ2v) is 18.8. The van der Waals surface area contributed by atoms with Crippen molar-refractivity contribution in [2.75, 3.05) is 32.8 Å². The van der Waals surface area contributed by atoms with Crippen molar-refractivity contribution in [2.45, 2.75) is 162 Å². The van der Waals surface area contributed by atoms with Gasteiger partial charge in [0.15, 0.2) is 6.29 Å². The van der Waals surface area contributed by atoms with Gasteiger partial charge in [-0.2, -0.15) is 0 Å². The lowest BCUT2D eigenvalue weighted by molar-refractivity contribution is -0.244. The quantitative estimate of drug-likeness (QED) is 0.240. The van der Waals surface area contributed by atoms with Crippen LogP contribution in [0.25, 0.3) is 0 Å². The number of rotatable bonds is 10. The summed E-state index contributed by atoms with van der Waals surface area (Å²) in [7, 11) is 0. The van der Waals surface area contributed by atoms with Gasteiger partial charge in [0.2, 0.25) is 11.8 Å². The van der Waals surface area contributed by atoms with Gasteiger partial charge < -0.3 is 24.0 Å². The minimum absolute atomic E-state index is 0.110. The van der Waals surface area contributed by atoms with Crippen molar-refractivity contribution < 1.29 is 23.8 Å². The molecule has 11 atom stereocenters. The minimum Gasteiger partial charge on any atom is -0.375 e. The van der Waals surface area contributed by atoms with Crippen molar-refractivity contribution in [3.8, 4) is 0 Å². The maximum atomic E-state index is 12.9. The van der Waals surface area contributed by atoms with Gasteiger partial charge >= 0.3 is 0 Å². The van der Waals surface area contributed by atoms with Crippen LogP contribution in [0.4, 0.5) is 0 Å². The van der Waals surface area contributed by atoms with Crippen LogP contribution in [0.15, 0.2) is 0 Å². The number of fused-ring (bicyclic) bond motifs is 4. The number of hydrogen-bond acceptors (Lipinski definition) is 5. The molecule has 0 bridgehead atoms. The third-order valence-corrected chi connectivity index (χ3v) is 16.4. The first kappa shape index (κ1) is 33.9. The summed E-state index contributed by atoms with van der Waals surface area (Å²) in [5.74, 6) is 4.26. The number of ether oxygens (including phenoxy) is 3. The molecule has 8 fully saturated rings. The van der Waals surface area contributed by atoms with E-state index in [9.17, 15) is 9.59 Å². The zero-order valence-corrected chi connectivity index (χ0v) is 31.0. The molecule has 0 aromatic heterocycles. The Morgan fingerprint density at radius 1 is 0.917 bits per heavy atom. The fourth-order valence-electron chi connectivity index (χ4n) is 13.7. The first-order valence-corrected chi connectivity index (χ1v) is 20.5. The molecule has 2 amide bonds. The van der Waals surface area contributed by atoms with E-state index in [0.29, 0.717) is 84.5 Å². The number of nitrogens with zero attached hydrogens (tertiary/aromatic N) is 2. The molecule has 8 rings (SSSR count). The van der Waals surface area contributed by atoms with E-state index in [1.54, 1.807) is 0 Å². The summed E-state index contributed by atoms with van der Waals surface area (Å²) in [4.78, 5) is 29.8. The van der Waals surface area contributed by atoms with Gasteiger partial charge in [-0.05, 0) is 148 Å². The molecule has 0 radical (unpaired) electrons. The number of hydrogen-bond donors (Lipinski definition) is 0. The number of amides is 2. The highest BCUT2D eigenvalue weighted by molar-refractivity contribution is 5.77. The number of morpholine rings is 1. The zero-order valence-electron chi connectivity index (χ0n) is 31.0. The van der Waals surface area contributed by atoms with Crippen LogP contribution in [0.3, 0.4) is 0 Å². The lowest BCUT2D eigenvalue weighted by Crippen LogP contribution is -2.56. The van der Waals surface area contributed by atoms with Crippen LogP contribution in [0.5, 0.6) is 0 Å². The molecule has 6 aliphatic carbocycles. The van der Waals surface area contributed by atoms with Crippen LogP contribution in [-0.4, -0.2) is 79.0 Å². The standard InChI is InChI=1S/C41H66N2O5/c1-6-20-42(7-2)35(44)15-11-28-10-12-30-32(47-28)24-31-29-13-14-33-38(3,4)34(16-17-41(33)26-40(29,41)19-18-39(30,31)5)48-37-25-43(21-22-46-37)36(45)23-27-8-9-27/h27-34,37H,6-26H2,1-5H3/t28?,29?,30?,31?,32?,33?,34-,37?,39?,40-,41?/m0/s1. The third kappa shape index (κ3) is 5.44. The molecule has 2 saturated heterocycles. The van der Waals surface area contributed by atoms with Gasteiger partial charge in [0, 0.05) is 32.5 Å². The van der Waals surface area contributed by atoms with Gasteiger partial charge in [-0.1, -0.05) is 27.7 Å². The van der Waals surface area contributed by atoms with Crippen LogP contribution >= 0.6 is 0 Å². The monoisotopic (exact) mass is 666 g/mol. The molecular formula is C41H66N2O5. The Kier molecular flexibility index (Phi) is 8.84. The molecule has 0 N–H and O–H groups in total. The van der Waals surface area contributed by atoms with E-state index in [0.717, 1.165) is 50.6 Å². The minimum atomic E-state index is -0.286. The van der Waals surface area contributed by atoms with E-state index in [-0.39, 0.29) is 23.9 Å². The largest absolute Gasteiger partial charge is 0.375 e. The van der Waals surface area contributed by atoms with Gasteiger partial charge in [-0.15, -0.1) is 0 Å². The summed E-state index contributed by atoms with van der Waals surface area (Å²) in [5.41, 5.74) is 1.54. The van der Waals surface area contributed by atoms with Crippen molar-refractivity contribution in [3.63, 3.8) is 0 Å². The molecule has 2 spiro atoms. The molecule has 48 heavy (non-hydrogen) atoms. The molecule has 0 aromatic carbocycles. The predicted molar refractivity (Wildman–Crippen MR) is 186 cm³/mol. The molecule has 0 aromatic rings. The maximum Gasteiger partial charge on any atom is 0.223 e. The molecule has 7 nitrogen and oxygen atoms in total. The van der Waals surface area contributed by atoms with Crippen molar-refractivity contribution in [3.05, 3.63) is 0 Å². The van der Waals surface area contributed by atoms with Crippen LogP contribution in [0, 0.1) is 51.2 Å². The second kappa shape index (κ2) is 12.5. The highest BCUT2D eigenvalue weighted by Crippen LogP contribution is 2.87. The predicted octanol–water partition coefficient (Wildman–Crippen LogP) is 7.60. The summed E-state index contributed by atoms with van der Waals surface area (Å²) >= 11 is 0. The molecule has 2 aliphatic heterocycles. The lowest BCUT2D eigenvalue weighted by atomic mass is 9.46.